The molecule has 3 heteroatoms. The van der Waals surface area contributed by atoms with Crippen molar-refractivity contribution >= 4 is 5.91 Å². The molecule has 19 heavy (non-hydrogen) atoms. The Bertz CT molecular complexity index is 431. The van der Waals surface area contributed by atoms with Crippen LogP contribution in [0.5, 0.6) is 5.75 Å². The van der Waals surface area contributed by atoms with Gasteiger partial charge in [-0.2, -0.15) is 0 Å². The Morgan fingerprint density at radius 1 is 1.21 bits per heavy atom. The van der Waals surface area contributed by atoms with Gasteiger partial charge in [-0.05, 0) is 44.4 Å². The lowest BCUT2D eigenvalue weighted by Crippen LogP contribution is -2.44. The Labute approximate surface area is 115 Å². The standard InChI is InChI=1S/C16H23NO2/c1-16(2,12-8-10-14(19-3)11-9-12)15(18)17-13-6-4-5-7-13/h8-11,13H,4-7H2,1-3H3,(H,17,18). The zero-order valence-electron chi connectivity index (χ0n) is 12.0. The first-order valence-electron chi connectivity index (χ1n) is 6.99. The summed E-state index contributed by atoms with van der Waals surface area (Å²) in [5.74, 6) is 0.931. The molecule has 0 heterocycles. The highest BCUT2D eigenvalue weighted by atomic mass is 16.5. The predicted molar refractivity (Wildman–Crippen MR) is 76.4 cm³/mol. The molecule has 0 spiro atoms. The lowest BCUT2D eigenvalue weighted by Gasteiger charge is -2.26. The zero-order valence-corrected chi connectivity index (χ0v) is 12.0. The Kier molecular flexibility index (Phi) is 4.13. The number of rotatable bonds is 4. The van der Waals surface area contributed by atoms with Crippen molar-refractivity contribution in [2.75, 3.05) is 7.11 Å². The first kappa shape index (κ1) is 13.9. The number of carbonyl (C=O) groups is 1. The van der Waals surface area contributed by atoms with Gasteiger partial charge in [0, 0.05) is 6.04 Å². The van der Waals surface area contributed by atoms with Crippen LogP contribution in [-0.2, 0) is 10.2 Å². The molecule has 0 atom stereocenters. The number of nitrogens with one attached hydrogen (secondary N) is 1. The molecule has 3 nitrogen and oxygen atoms in total. The van der Waals surface area contributed by atoms with Gasteiger partial charge in [0.15, 0.2) is 0 Å². The minimum absolute atomic E-state index is 0.115. The second-order valence-corrected chi connectivity index (χ2v) is 5.81. The summed E-state index contributed by atoms with van der Waals surface area (Å²) in [6.45, 7) is 3.94. The average molecular weight is 261 g/mol. The summed E-state index contributed by atoms with van der Waals surface area (Å²) in [5.41, 5.74) is 0.512. The van der Waals surface area contributed by atoms with Gasteiger partial charge in [0.2, 0.25) is 5.91 Å². The molecule has 0 bridgehead atoms. The molecule has 104 valence electrons. The van der Waals surface area contributed by atoms with Gasteiger partial charge >= 0.3 is 0 Å². The summed E-state index contributed by atoms with van der Waals surface area (Å²) in [6, 6.07) is 8.10. The maximum atomic E-state index is 12.4. The van der Waals surface area contributed by atoms with Crippen LogP contribution in [0.15, 0.2) is 24.3 Å². The minimum atomic E-state index is -0.505. The molecule has 1 aromatic rings. The number of hydrogen-bond donors (Lipinski definition) is 1. The van der Waals surface area contributed by atoms with Crippen molar-refractivity contribution in [3.63, 3.8) is 0 Å². The molecule has 1 fully saturated rings. The summed E-state index contributed by atoms with van der Waals surface area (Å²) in [7, 11) is 1.65. The molecule has 0 aromatic heterocycles. The monoisotopic (exact) mass is 261 g/mol. The number of carbonyl (C=O) groups excluding carboxylic acids is 1. The average Bonchev–Trinajstić information content (AvgIpc) is 2.91. The molecule has 1 saturated carbocycles. The van der Waals surface area contributed by atoms with E-state index in [1.807, 2.05) is 38.1 Å². The molecule has 0 radical (unpaired) electrons. The Morgan fingerprint density at radius 3 is 2.32 bits per heavy atom. The highest BCUT2D eigenvalue weighted by Gasteiger charge is 2.31. The van der Waals surface area contributed by atoms with Crippen LogP contribution < -0.4 is 10.1 Å². The van der Waals surface area contributed by atoms with E-state index >= 15 is 0 Å². The third-order valence-electron chi connectivity index (χ3n) is 4.07. The number of benzene rings is 1. The Hall–Kier alpha value is -1.51. The van der Waals surface area contributed by atoms with E-state index in [1.165, 1.54) is 12.8 Å². The van der Waals surface area contributed by atoms with Crippen molar-refractivity contribution in [1.82, 2.24) is 5.32 Å². The molecule has 1 aliphatic carbocycles. The quantitative estimate of drug-likeness (QED) is 0.904. The third-order valence-corrected chi connectivity index (χ3v) is 4.07. The Balaban J connectivity index is 2.08. The van der Waals surface area contributed by atoms with Crippen LogP contribution in [-0.4, -0.2) is 19.1 Å². The Morgan fingerprint density at radius 2 is 1.79 bits per heavy atom. The van der Waals surface area contributed by atoms with E-state index in [4.69, 9.17) is 4.74 Å². The molecule has 1 amide bonds. The number of hydrogen-bond acceptors (Lipinski definition) is 2. The van der Waals surface area contributed by atoms with Gasteiger partial charge in [-0.25, -0.2) is 0 Å². The summed E-state index contributed by atoms with van der Waals surface area (Å²) in [4.78, 5) is 12.4. The summed E-state index contributed by atoms with van der Waals surface area (Å²) < 4.78 is 5.15. The first-order chi connectivity index (χ1) is 9.04. The molecule has 2 rings (SSSR count). The van der Waals surface area contributed by atoms with Crippen molar-refractivity contribution in [2.45, 2.75) is 51.0 Å². The largest absolute Gasteiger partial charge is 0.497 e. The predicted octanol–water partition coefficient (Wildman–Crippen LogP) is 3.03. The van der Waals surface area contributed by atoms with E-state index in [0.717, 1.165) is 24.2 Å². The van der Waals surface area contributed by atoms with Gasteiger partial charge < -0.3 is 10.1 Å². The SMILES string of the molecule is COc1ccc(C(C)(C)C(=O)NC2CCCC2)cc1. The van der Waals surface area contributed by atoms with Gasteiger partial charge in [-0.1, -0.05) is 25.0 Å². The van der Waals surface area contributed by atoms with Crippen LogP contribution in [0.4, 0.5) is 0 Å². The highest BCUT2D eigenvalue weighted by Crippen LogP contribution is 2.27. The van der Waals surface area contributed by atoms with Gasteiger partial charge in [0.05, 0.1) is 12.5 Å². The van der Waals surface area contributed by atoms with E-state index in [0.29, 0.717) is 6.04 Å². The van der Waals surface area contributed by atoms with E-state index < -0.39 is 5.41 Å². The van der Waals surface area contributed by atoms with E-state index in [-0.39, 0.29) is 5.91 Å². The molecule has 0 saturated heterocycles. The smallest absolute Gasteiger partial charge is 0.230 e. The lowest BCUT2D eigenvalue weighted by atomic mass is 9.83. The number of amides is 1. The van der Waals surface area contributed by atoms with E-state index in [2.05, 4.69) is 5.32 Å². The van der Waals surface area contributed by atoms with Gasteiger partial charge in [0.1, 0.15) is 5.75 Å². The van der Waals surface area contributed by atoms with Crippen LogP contribution in [0.3, 0.4) is 0 Å². The topological polar surface area (TPSA) is 38.3 Å². The van der Waals surface area contributed by atoms with Crippen molar-refractivity contribution in [3.8, 4) is 5.75 Å². The van der Waals surface area contributed by atoms with Gasteiger partial charge in [-0.3, -0.25) is 4.79 Å². The summed E-state index contributed by atoms with van der Waals surface area (Å²) in [6.07, 6.45) is 4.69. The van der Waals surface area contributed by atoms with Crippen molar-refractivity contribution in [1.29, 1.82) is 0 Å². The van der Waals surface area contributed by atoms with Crippen molar-refractivity contribution < 1.29 is 9.53 Å². The minimum Gasteiger partial charge on any atom is -0.497 e. The molecule has 1 aromatic carbocycles. The van der Waals surface area contributed by atoms with Gasteiger partial charge in [0.25, 0.3) is 0 Å². The van der Waals surface area contributed by atoms with Crippen LogP contribution in [0.2, 0.25) is 0 Å². The molecule has 1 N–H and O–H groups in total. The van der Waals surface area contributed by atoms with E-state index in [1.54, 1.807) is 7.11 Å². The summed E-state index contributed by atoms with van der Waals surface area (Å²) >= 11 is 0. The van der Waals surface area contributed by atoms with E-state index in [9.17, 15) is 4.79 Å². The molecular weight excluding hydrogens is 238 g/mol. The molecule has 1 aliphatic rings. The highest BCUT2D eigenvalue weighted by molar-refractivity contribution is 5.87. The fourth-order valence-electron chi connectivity index (χ4n) is 2.57. The third kappa shape index (κ3) is 3.09. The van der Waals surface area contributed by atoms with Crippen LogP contribution in [0, 0.1) is 0 Å². The van der Waals surface area contributed by atoms with Crippen molar-refractivity contribution in [2.24, 2.45) is 0 Å². The normalized spacial score (nSPS) is 16.4. The van der Waals surface area contributed by atoms with Crippen LogP contribution in [0.1, 0.15) is 45.1 Å². The second-order valence-electron chi connectivity index (χ2n) is 5.81. The fourth-order valence-corrected chi connectivity index (χ4v) is 2.57. The van der Waals surface area contributed by atoms with Crippen LogP contribution in [0.25, 0.3) is 0 Å². The number of methoxy groups -OCH3 is 1. The van der Waals surface area contributed by atoms with Crippen LogP contribution >= 0.6 is 0 Å². The molecule has 0 unspecified atom stereocenters. The maximum absolute atomic E-state index is 12.4. The maximum Gasteiger partial charge on any atom is 0.230 e. The first-order valence-corrected chi connectivity index (χ1v) is 6.99. The lowest BCUT2D eigenvalue weighted by molar-refractivity contribution is -0.126. The molecule has 0 aliphatic heterocycles. The number of ether oxygens (including phenoxy) is 1. The zero-order chi connectivity index (χ0) is 13.9. The second kappa shape index (κ2) is 5.64. The van der Waals surface area contributed by atoms with Crippen molar-refractivity contribution in [3.05, 3.63) is 29.8 Å². The van der Waals surface area contributed by atoms with Gasteiger partial charge in [-0.15, -0.1) is 0 Å². The fraction of sp³-hybridized carbons (Fsp3) is 0.562. The summed E-state index contributed by atoms with van der Waals surface area (Å²) in [5, 5.41) is 3.18. The molecular formula is C16H23NO2.